The lowest BCUT2D eigenvalue weighted by Gasteiger charge is -2.12. The second-order valence-electron chi connectivity index (χ2n) is 4.11. The number of nitrogens with one attached hydrogen (secondary N) is 1. The normalized spacial score (nSPS) is 13.8. The maximum atomic E-state index is 11.6. The van der Waals surface area contributed by atoms with E-state index in [9.17, 15) is 8.42 Å². The summed E-state index contributed by atoms with van der Waals surface area (Å²) in [5.74, 6) is 0. The fraction of sp³-hybridized carbons (Fsp3) is 0.455. The minimum Gasteiger partial charge on any atom is -0.324 e. The molecule has 0 spiro atoms. The van der Waals surface area contributed by atoms with E-state index in [2.05, 4.69) is 4.72 Å². The van der Waals surface area contributed by atoms with E-state index in [0.717, 1.165) is 5.56 Å². The summed E-state index contributed by atoms with van der Waals surface area (Å²) in [6, 6.07) is 7.04. The highest BCUT2D eigenvalue weighted by Gasteiger charge is 2.15. The first-order valence-electron chi connectivity index (χ1n) is 5.20. The molecule has 0 amide bonds. The van der Waals surface area contributed by atoms with Crippen molar-refractivity contribution in [3.05, 3.63) is 29.8 Å². The van der Waals surface area contributed by atoms with Gasteiger partial charge in [-0.1, -0.05) is 12.1 Å². The number of nitrogens with two attached hydrogens (primary N) is 1. The average molecular weight is 242 g/mol. The van der Waals surface area contributed by atoms with Gasteiger partial charge in [0.15, 0.2) is 0 Å². The first kappa shape index (κ1) is 13.0. The molecule has 1 aromatic carbocycles. The first-order valence-corrected chi connectivity index (χ1v) is 6.74. The van der Waals surface area contributed by atoms with Gasteiger partial charge in [0.2, 0.25) is 10.0 Å². The summed E-state index contributed by atoms with van der Waals surface area (Å²) >= 11 is 0. The molecule has 90 valence electrons. The van der Waals surface area contributed by atoms with Crippen molar-refractivity contribution in [2.24, 2.45) is 5.73 Å². The lowest BCUT2D eigenvalue weighted by Crippen LogP contribution is -2.22. The summed E-state index contributed by atoms with van der Waals surface area (Å²) in [7, 11) is -3.27. The Bertz CT molecular complexity index is 436. The van der Waals surface area contributed by atoms with E-state index < -0.39 is 15.3 Å². The third kappa shape index (κ3) is 3.21. The summed E-state index contributed by atoms with van der Waals surface area (Å²) in [5.41, 5.74) is 7.25. The van der Waals surface area contributed by atoms with E-state index in [1.54, 1.807) is 26.0 Å². The number of sulfonamides is 1. The molecule has 1 aromatic rings. The van der Waals surface area contributed by atoms with Crippen LogP contribution < -0.4 is 10.5 Å². The van der Waals surface area contributed by atoms with E-state index in [1.807, 2.05) is 19.1 Å². The monoisotopic (exact) mass is 242 g/mol. The largest absolute Gasteiger partial charge is 0.324 e. The summed E-state index contributed by atoms with van der Waals surface area (Å²) in [6.07, 6.45) is 0. The highest BCUT2D eigenvalue weighted by molar-refractivity contribution is 7.93. The average Bonchev–Trinajstić information content (AvgIpc) is 2.17. The van der Waals surface area contributed by atoms with E-state index in [0.29, 0.717) is 5.69 Å². The fourth-order valence-corrected chi connectivity index (χ4v) is 1.84. The van der Waals surface area contributed by atoms with Crippen molar-refractivity contribution in [3.63, 3.8) is 0 Å². The van der Waals surface area contributed by atoms with Gasteiger partial charge >= 0.3 is 0 Å². The van der Waals surface area contributed by atoms with Gasteiger partial charge in [-0.05, 0) is 38.5 Å². The zero-order valence-corrected chi connectivity index (χ0v) is 10.6. The van der Waals surface area contributed by atoms with Gasteiger partial charge < -0.3 is 5.73 Å². The molecule has 1 unspecified atom stereocenters. The Morgan fingerprint density at radius 1 is 1.12 bits per heavy atom. The summed E-state index contributed by atoms with van der Waals surface area (Å²) < 4.78 is 25.7. The van der Waals surface area contributed by atoms with E-state index in [-0.39, 0.29) is 6.04 Å². The third-order valence-electron chi connectivity index (χ3n) is 2.32. The molecule has 0 fully saturated rings. The van der Waals surface area contributed by atoms with Crippen molar-refractivity contribution >= 4 is 15.7 Å². The predicted molar refractivity (Wildman–Crippen MR) is 66.7 cm³/mol. The molecule has 16 heavy (non-hydrogen) atoms. The third-order valence-corrected chi connectivity index (χ3v) is 4.08. The van der Waals surface area contributed by atoms with Crippen LogP contribution in [0, 0.1) is 0 Å². The summed E-state index contributed by atoms with van der Waals surface area (Å²) in [6.45, 7) is 5.16. The van der Waals surface area contributed by atoms with Gasteiger partial charge in [0.1, 0.15) is 0 Å². The van der Waals surface area contributed by atoms with Crippen LogP contribution >= 0.6 is 0 Å². The zero-order valence-electron chi connectivity index (χ0n) is 9.77. The smallest absolute Gasteiger partial charge is 0.235 e. The first-order chi connectivity index (χ1) is 7.33. The Morgan fingerprint density at radius 2 is 1.62 bits per heavy atom. The van der Waals surface area contributed by atoms with Crippen LogP contribution in [0.25, 0.3) is 0 Å². The van der Waals surface area contributed by atoms with Gasteiger partial charge in [-0.15, -0.1) is 0 Å². The fourth-order valence-electron chi connectivity index (χ4n) is 1.14. The SMILES string of the molecule is CC(N)c1ccc(NS(=O)(=O)C(C)C)cc1. The van der Waals surface area contributed by atoms with Crippen LogP contribution in [0.1, 0.15) is 32.4 Å². The number of hydrogen-bond donors (Lipinski definition) is 2. The van der Waals surface area contributed by atoms with E-state index in [1.165, 1.54) is 0 Å². The highest BCUT2D eigenvalue weighted by atomic mass is 32.2. The molecule has 0 aromatic heterocycles. The van der Waals surface area contributed by atoms with Crippen molar-refractivity contribution in [1.29, 1.82) is 0 Å². The van der Waals surface area contributed by atoms with Gasteiger partial charge in [-0.25, -0.2) is 8.42 Å². The molecule has 1 atom stereocenters. The molecule has 4 nitrogen and oxygen atoms in total. The highest BCUT2D eigenvalue weighted by Crippen LogP contribution is 2.16. The topological polar surface area (TPSA) is 72.2 Å². The van der Waals surface area contributed by atoms with Crippen LogP contribution in [0.15, 0.2) is 24.3 Å². The standard InChI is InChI=1S/C11H18N2O2S/c1-8(2)16(14,15)13-11-6-4-10(5-7-11)9(3)12/h4-9,13H,12H2,1-3H3. The Morgan fingerprint density at radius 3 is 2.00 bits per heavy atom. The summed E-state index contributed by atoms with van der Waals surface area (Å²) in [4.78, 5) is 0. The Kier molecular flexibility index (Phi) is 3.93. The molecule has 0 aliphatic rings. The lowest BCUT2D eigenvalue weighted by atomic mass is 10.1. The number of benzene rings is 1. The molecule has 0 aliphatic heterocycles. The maximum absolute atomic E-state index is 11.6. The zero-order chi connectivity index (χ0) is 12.3. The minimum atomic E-state index is -3.27. The molecule has 0 bridgehead atoms. The van der Waals surface area contributed by atoms with Gasteiger partial charge in [-0.2, -0.15) is 0 Å². The van der Waals surface area contributed by atoms with Crippen molar-refractivity contribution < 1.29 is 8.42 Å². The quantitative estimate of drug-likeness (QED) is 0.846. The van der Waals surface area contributed by atoms with Crippen LogP contribution in [-0.2, 0) is 10.0 Å². The van der Waals surface area contributed by atoms with Crippen LogP contribution in [0.4, 0.5) is 5.69 Å². The second-order valence-corrected chi connectivity index (χ2v) is 6.34. The van der Waals surface area contributed by atoms with Crippen molar-refractivity contribution in [2.45, 2.75) is 32.1 Å². The van der Waals surface area contributed by atoms with Crippen LogP contribution in [0.3, 0.4) is 0 Å². The Balaban J connectivity index is 2.85. The Labute approximate surface area is 96.9 Å². The van der Waals surface area contributed by atoms with Crippen molar-refractivity contribution in [3.8, 4) is 0 Å². The van der Waals surface area contributed by atoms with Crippen LogP contribution in [-0.4, -0.2) is 13.7 Å². The van der Waals surface area contributed by atoms with Gasteiger partial charge in [0.25, 0.3) is 0 Å². The maximum Gasteiger partial charge on any atom is 0.235 e. The van der Waals surface area contributed by atoms with Crippen LogP contribution in [0.2, 0.25) is 0 Å². The van der Waals surface area contributed by atoms with Crippen molar-refractivity contribution in [2.75, 3.05) is 4.72 Å². The number of rotatable bonds is 4. The molecule has 0 saturated carbocycles. The molecule has 5 heteroatoms. The number of hydrogen-bond acceptors (Lipinski definition) is 3. The molecule has 0 radical (unpaired) electrons. The van der Waals surface area contributed by atoms with E-state index >= 15 is 0 Å². The molecule has 0 aliphatic carbocycles. The second kappa shape index (κ2) is 4.84. The molecule has 3 N–H and O–H groups in total. The van der Waals surface area contributed by atoms with Gasteiger partial charge in [0, 0.05) is 11.7 Å². The molecule has 1 rings (SSSR count). The number of anilines is 1. The Hall–Kier alpha value is -1.07. The van der Waals surface area contributed by atoms with Crippen molar-refractivity contribution in [1.82, 2.24) is 0 Å². The molecule has 0 saturated heterocycles. The van der Waals surface area contributed by atoms with Gasteiger partial charge in [-0.3, -0.25) is 4.72 Å². The van der Waals surface area contributed by atoms with E-state index in [4.69, 9.17) is 5.73 Å². The molecular formula is C11H18N2O2S. The van der Waals surface area contributed by atoms with Crippen LogP contribution in [0.5, 0.6) is 0 Å². The lowest BCUT2D eigenvalue weighted by molar-refractivity contribution is 0.593. The van der Waals surface area contributed by atoms with Gasteiger partial charge in [0.05, 0.1) is 5.25 Å². The predicted octanol–water partition coefficient (Wildman–Crippen LogP) is 1.86. The minimum absolute atomic E-state index is 0.0456. The summed E-state index contributed by atoms with van der Waals surface area (Å²) in [5, 5.41) is -0.444. The molecule has 0 heterocycles. The molecular weight excluding hydrogens is 224 g/mol.